The van der Waals surface area contributed by atoms with Crippen LogP contribution in [0.4, 0.5) is 11.4 Å². The molecule has 1 fully saturated rings. The Balaban J connectivity index is 1.38. The molecule has 8 heteroatoms. The average Bonchev–Trinajstić information content (AvgIpc) is 3.23. The molecule has 0 unspecified atom stereocenters. The zero-order chi connectivity index (χ0) is 20.9. The van der Waals surface area contributed by atoms with E-state index in [1.54, 1.807) is 11.3 Å². The van der Waals surface area contributed by atoms with Crippen LogP contribution in [0, 0.1) is 0 Å². The number of carbonyl (C=O) groups is 1. The number of amides is 1. The normalized spacial score (nSPS) is 14.0. The Kier molecular flexibility index (Phi) is 7.36. The standard InChI is InChI=1S/C22H21BrClN3OS2/c23-16-6-4-15(5-7-16)19-13-29-22(26-19)30-14-21(28)25-18-12-17(24)8-9-20(18)27-10-2-1-3-11-27/h4-9,12-13H,1-3,10-11,14H2,(H,25,28). The predicted molar refractivity (Wildman–Crippen MR) is 132 cm³/mol. The fourth-order valence-corrected chi connectivity index (χ4v) is 5.48. The molecule has 1 saturated heterocycles. The molecule has 1 aliphatic heterocycles. The second-order valence-corrected chi connectivity index (χ2v) is 10.5. The minimum absolute atomic E-state index is 0.0547. The van der Waals surface area contributed by atoms with E-state index in [2.05, 4.69) is 31.1 Å². The number of nitrogens with zero attached hydrogens (tertiary/aromatic N) is 2. The first kappa shape index (κ1) is 21.7. The first-order chi connectivity index (χ1) is 14.6. The predicted octanol–water partition coefficient (Wildman–Crippen LogP) is 6.95. The number of nitrogens with one attached hydrogen (secondary N) is 1. The van der Waals surface area contributed by atoms with Gasteiger partial charge in [0.05, 0.1) is 22.8 Å². The number of hydrogen-bond donors (Lipinski definition) is 1. The van der Waals surface area contributed by atoms with Crippen LogP contribution in [0.5, 0.6) is 0 Å². The minimum Gasteiger partial charge on any atom is -0.370 e. The Labute approximate surface area is 198 Å². The van der Waals surface area contributed by atoms with Crippen LogP contribution < -0.4 is 10.2 Å². The fraction of sp³-hybridized carbons (Fsp3) is 0.273. The number of anilines is 2. The molecular formula is C22H21BrClN3OS2. The highest BCUT2D eigenvalue weighted by Crippen LogP contribution is 2.32. The minimum atomic E-state index is -0.0547. The van der Waals surface area contributed by atoms with Crippen LogP contribution >= 0.6 is 50.6 Å². The van der Waals surface area contributed by atoms with E-state index in [0.717, 1.165) is 44.5 Å². The van der Waals surface area contributed by atoms with Crippen molar-refractivity contribution in [1.29, 1.82) is 0 Å². The largest absolute Gasteiger partial charge is 0.370 e. The maximum atomic E-state index is 12.6. The molecule has 30 heavy (non-hydrogen) atoms. The molecular weight excluding hydrogens is 502 g/mol. The lowest BCUT2D eigenvalue weighted by molar-refractivity contribution is -0.113. The molecule has 4 rings (SSSR count). The summed E-state index contributed by atoms with van der Waals surface area (Å²) in [6.45, 7) is 2.02. The first-order valence-corrected chi connectivity index (χ1v) is 12.8. The van der Waals surface area contributed by atoms with Gasteiger partial charge in [0.1, 0.15) is 0 Å². The SMILES string of the molecule is O=C(CSc1nc(-c2ccc(Br)cc2)cs1)Nc1cc(Cl)ccc1N1CCCCC1. The Bertz CT molecular complexity index is 1020. The summed E-state index contributed by atoms with van der Waals surface area (Å²) in [6.07, 6.45) is 3.62. The van der Waals surface area contributed by atoms with Gasteiger partial charge in [0, 0.05) is 33.5 Å². The molecule has 0 atom stereocenters. The topological polar surface area (TPSA) is 45.2 Å². The highest BCUT2D eigenvalue weighted by atomic mass is 79.9. The maximum absolute atomic E-state index is 12.6. The quantitative estimate of drug-likeness (QED) is 0.356. The van der Waals surface area contributed by atoms with E-state index in [4.69, 9.17) is 11.6 Å². The summed E-state index contributed by atoms with van der Waals surface area (Å²) in [7, 11) is 0. The molecule has 2 heterocycles. The third kappa shape index (κ3) is 5.58. The van der Waals surface area contributed by atoms with Gasteiger partial charge in [-0.2, -0.15) is 0 Å². The second kappa shape index (κ2) is 10.2. The van der Waals surface area contributed by atoms with Crippen LogP contribution in [0.1, 0.15) is 19.3 Å². The van der Waals surface area contributed by atoms with Crippen LogP contribution in [0.2, 0.25) is 5.02 Å². The number of piperidine rings is 1. The van der Waals surface area contributed by atoms with Gasteiger partial charge < -0.3 is 10.2 Å². The van der Waals surface area contributed by atoms with Crippen LogP contribution in [-0.4, -0.2) is 29.7 Å². The number of carbonyl (C=O) groups excluding carboxylic acids is 1. The van der Waals surface area contributed by atoms with E-state index in [9.17, 15) is 4.79 Å². The van der Waals surface area contributed by atoms with Crippen molar-refractivity contribution in [3.8, 4) is 11.3 Å². The number of benzene rings is 2. The molecule has 2 aromatic carbocycles. The zero-order valence-corrected chi connectivity index (χ0v) is 20.2. The summed E-state index contributed by atoms with van der Waals surface area (Å²) >= 11 is 12.7. The average molecular weight is 523 g/mol. The molecule has 1 N–H and O–H groups in total. The number of rotatable bonds is 6. The monoisotopic (exact) mass is 521 g/mol. The van der Waals surface area contributed by atoms with Crippen molar-refractivity contribution in [1.82, 2.24) is 4.98 Å². The lowest BCUT2D eigenvalue weighted by Crippen LogP contribution is -2.30. The molecule has 156 valence electrons. The molecule has 0 saturated carbocycles. The van der Waals surface area contributed by atoms with Crippen molar-refractivity contribution in [3.05, 3.63) is 57.3 Å². The molecule has 0 bridgehead atoms. The fourth-order valence-electron chi connectivity index (χ4n) is 3.41. The Morgan fingerprint density at radius 3 is 2.70 bits per heavy atom. The van der Waals surface area contributed by atoms with Gasteiger partial charge in [0.25, 0.3) is 0 Å². The summed E-state index contributed by atoms with van der Waals surface area (Å²) < 4.78 is 1.92. The third-order valence-corrected chi connectivity index (χ3v) is 7.66. The van der Waals surface area contributed by atoms with Gasteiger partial charge in [-0.05, 0) is 49.6 Å². The van der Waals surface area contributed by atoms with Crippen molar-refractivity contribution in [3.63, 3.8) is 0 Å². The summed E-state index contributed by atoms with van der Waals surface area (Å²) in [5.41, 5.74) is 3.82. The third-order valence-electron chi connectivity index (χ3n) is 4.88. The summed E-state index contributed by atoms with van der Waals surface area (Å²) in [6, 6.07) is 13.8. The lowest BCUT2D eigenvalue weighted by Gasteiger charge is -2.30. The molecule has 0 radical (unpaired) electrons. The number of halogens is 2. The van der Waals surface area contributed by atoms with E-state index >= 15 is 0 Å². The van der Waals surface area contributed by atoms with Crippen molar-refractivity contribution in [2.75, 3.05) is 29.1 Å². The number of thioether (sulfide) groups is 1. The molecule has 1 aromatic heterocycles. The molecule has 4 nitrogen and oxygen atoms in total. The van der Waals surface area contributed by atoms with Gasteiger partial charge in [-0.25, -0.2) is 4.98 Å². The maximum Gasteiger partial charge on any atom is 0.234 e. The Morgan fingerprint density at radius 1 is 1.17 bits per heavy atom. The number of hydrogen-bond acceptors (Lipinski definition) is 5. The molecule has 0 aliphatic carbocycles. The van der Waals surface area contributed by atoms with E-state index in [0.29, 0.717) is 10.8 Å². The lowest BCUT2D eigenvalue weighted by atomic mass is 10.1. The van der Waals surface area contributed by atoms with Crippen molar-refractivity contribution in [2.45, 2.75) is 23.6 Å². The summed E-state index contributed by atoms with van der Waals surface area (Å²) in [5.74, 6) is 0.250. The Morgan fingerprint density at radius 2 is 1.93 bits per heavy atom. The van der Waals surface area contributed by atoms with Gasteiger partial charge in [-0.1, -0.05) is 51.4 Å². The second-order valence-electron chi connectivity index (χ2n) is 7.05. The summed E-state index contributed by atoms with van der Waals surface area (Å²) in [4.78, 5) is 19.6. The molecule has 1 amide bonds. The first-order valence-electron chi connectivity index (χ1n) is 9.77. The smallest absolute Gasteiger partial charge is 0.234 e. The highest BCUT2D eigenvalue weighted by Gasteiger charge is 2.17. The van der Waals surface area contributed by atoms with Crippen LogP contribution in [0.3, 0.4) is 0 Å². The Hall–Kier alpha value is -1.54. The van der Waals surface area contributed by atoms with Gasteiger partial charge in [-0.3, -0.25) is 4.79 Å². The van der Waals surface area contributed by atoms with E-state index in [-0.39, 0.29) is 5.91 Å². The van der Waals surface area contributed by atoms with Crippen LogP contribution in [-0.2, 0) is 4.79 Å². The summed E-state index contributed by atoms with van der Waals surface area (Å²) in [5, 5.41) is 5.70. The molecule has 1 aliphatic rings. The van der Waals surface area contributed by atoms with Crippen LogP contribution in [0.25, 0.3) is 11.3 Å². The highest BCUT2D eigenvalue weighted by molar-refractivity contribution is 9.10. The molecule has 0 spiro atoms. The van der Waals surface area contributed by atoms with E-state index < -0.39 is 0 Å². The number of thiazole rings is 1. The van der Waals surface area contributed by atoms with E-state index in [1.807, 2.05) is 47.8 Å². The van der Waals surface area contributed by atoms with Crippen molar-refractivity contribution in [2.24, 2.45) is 0 Å². The van der Waals surface area contributed by atoms with E-state index in [1.165, 1.54) is 31.0 Å². The van der Waals surface area contributed by atoms with Gasteiger partial charge in [-0.15, -0.1) is 11.3 Å². The van der Waals surface area contributed by atoms with Crippen LogP contribution in [0.15, 0.2) is 56.7 Å². The number of aromatic nitrogens is 1. The van der Waals surface area contributed by atoms with Gasteiger partial charge in [0.2, 0.25) is 5.91 Å². The molecule has 3 aromatic rings. The van der Waals surface area contributed by atoms with Crippen molar-refractivity contribution >= 4 is 67.9 Å². The van der Waals surface area contributed by atoms with Crippen molar-refractivity contribution < 1.29 is 4.79 Å². The van der Waals surface area contributed by atoms with Gasteiger partial charge >= 0.3 is 0 Å². The zero-order valence-electron chi connectivity index (χ0n) is 16.2. The van der Waals surface area contributed by atoms with Gasteiger partial charge in [0.15, 0.2) is 4.34 Å².